The second-order valence-corrected chi connectivity index (χ2v) is 4.72. The van der Waals surface area contributed by atoms with Crippen molar-refractivity contribution >= 4 is 17.7 Å². The van der Waals surface area contributed by atoms with Gasteiger partial charge in [0.15, 0.2) is 0 Å². The van der Waals surface area contributed by atoms with Gasteiger partial charge in [-0.3, -0.25) is 4.79 Å². The third kappa shape index (κ3) is 4.30. The molecule has 0 aliphatic rings. The van der Waals surface area contributed by atoms with Crippen LogP contribution in [0.25, 0.3) is 0 Å². The fraction of sp³-hybridized carbons (Fsp3) is 0.462. The molecule has 0 heterocycles. The number of benzene rings is 1. The molecule has 1 aromatic rings. The Labute approximate surface area is 106 Å². The van der Waals surface area contributed by atoms with Gasteiger partial charge in [-0.05, 0) is 37.6 Å². The van der Waals surface area contributed by atoms with E-state index in [0.29, 0.717) is 6.61 Å². The van der Waals surface area contributed by atoms with Crippen LogP contribution in [-0.2, 0) is 9.53 Å². The van der Waals surface area contributed by atoms with E-state index >= 15 is 0 Å². The van der Waals surface area contributed by atoms with Crippen LogP contribution in [-0.4, -0.2) is 24.9 Å². The largest absolute Gasteiger partial charge is 0.497 e. The van der Waals surface area contributed by atoms with Gasteiger partial charge in [0, 0.05) is 4.90 Å². The van der Waals surface area contributed by atoms with Crippen LogP contribution < -0.4 is 4.74 Å². The van der Waals surface area contributed by atoms with Gasteiger partial charge in [0.1, 0.15) is 11.0 Å². The summed E-state index contributed by atoms with van der Waals surface area (Å²) in [4.78, 5) is 12.7. The lowest BCUT2D eigenvalue weighted by molar-refractivity contribution is -0.142. The fourth-order valence-electron chi connectivity index (χ4n) is 1.35. The molecule has 0 amide bonds. The first-order chi connectivity index (χ1) is 8.21. The molecule has 1 aromatic carbocycles. The average molecular weight is 254 g/mol. The van der Waals surface area contributed by atoms with Crippen molar-refractivity contribution in [3.63, 3.8) is 0 Å². The van der Waals surface area contributed by atoms with Crippen LogP contribution in [0.4, 0.5) is 0 Å². The van der Waals surface area contributed by atoms with E-state index in [1.54, 1.807) is 7.11 Å². The Morgan fingerprint density at radius 2 is 1.94 bits per heavy atom. The maximum atomic E-state index is 11.6. The minimum absolute atomic E-state index is 0.136. The molecule has 3 nitrogen and oxygen atoms in total. The quantitative estimate of drug-likeness (QED) is 0.577. The maximum Gasteiger partial charge on any atom is 0.319 e. The van der Waals surface area contributed by atoms with Gasteiger partial charge >= 0.3 is 5.97 Å². The van der Waals surface area contributed by atoms with Crippen molar-refractivity contribution in [3.8, 4) is 5.75 Å². The van der Waals surface area contributed by atoms with Crippen LogP contribution in [0.5, 0.6) is 5.75 Å². The molecule has 94 valence electrons. The van der Waals surface area contributed by atoms with Crippen LogP contribution in [0.1, 0.15) is 20.3 Å². The highest BCUT2D eigenvalue weighted by Gasteiger charge is 2.18. The monoisotopic (exact) mass is 254 g/mol. The highest BCUT2D eigenvalue weighted by atomic mass is 32.2. The molecule has 0 spiro atoms. The number of rotatable bonds is 6. The third-order valence-corrected chi connectivity index (χ3v) is 3.61. The van der Waals surface area contributed by atoms with Crippen LogP contribution in [0.3, 0.4) is 0 Å². The summed E-state index contributed by atoms with van der Waals surface area (Å²) in [6.45, 7) is 4.24. The molecule has 0 radical (unpaired) electrons. The topological polar surface area (TPSA) is 35.5 Å². The molecule has 0 N–H and O–H groups in total. The predicted molar refractivity (Wildman–Crippen MR) is 69.6 cm³/mol. The Morgan fingerprint density at radius 3 is 2.41 bits per heavy atom. The number of carbonyl (C=O) groups is 1. The van der Waals surface area contributed by atoms with E-state index in [1.165, 1.54) is 11.8 Å². The number of ether oxygens (including phenoxy) is 2. The first-order valence-electron chi connectivity index (χ1n) is 5.68. The van der Waals surface area contributed by atoms with E-state index in [4.69, 9.17) is 9.47 Å². The lowest BCUT2D eigenvalue weighted by Gasteiger charge is -2.13. The lowest BCUT2D eigenvalue weighted by atomic mass is 10.3. The number of esters is 1. The first-order valence-corrected chi connectivity index (χ1v) is 6.56. The van der Waals surface area contributed by atoms with E-state index in [2.05, 4.69) is 0 Å². The molecule has 17 heavy (non-hydrogen) atoms. The van der Waals surface area contributed by atoms with Gasteiger partial charge in [0.05, 0.1) is 13.7 Å². The van der Waals surface area contributed by atoms with Crippen LogP contribution in [0.2, 0.25) is 0 Å². The van der Waals surface area contributed by atoms with E-state index in [1.807, 2.05) is 38.1 Å². The normalized spacial score (nSPS) is 11.9. The Balaban J connectivity index is 2.63. The first kappa shape index (κ1) is 13.9. The molecule has 4 heteroatoms. The summed E-state index contributed by atoms with van der Waals surface area (Å²) in [6, 6.07) is 7.68. The van der Waals surface area contributed by atoms with Gasteiger partial charge in [-0.2, -0.15) is 0 Å². The van der Waals surface area contributed by atoms with Crippen molar-refractivity contribution in [1.29, 1.82) is 0 Å². The molecule has 0 fully saturated rings. The summed E-state index contributed by atoms with van der Waals surface area (Å²) >= 11 is 1.53. The number of carbonyl (C=O) groups excluding carboxylic acids is 1. The number of hydrogen-bond donors (Lipinski definition) is 0. The van der Waals surface area contributed by atoms with Crippen LogP contribution >= 0.6 is 11.8 Å². The SMILES string of the molecule is CCOC(=O)[C@@H](CC)Sc1ccc(OC)cc1. The number of methoxy groups -OCH3 is 1. The average Bonchev–Trinajstić information content (AvgIpc) is 2.37. The molecule has 0 unspecified atom stereocenters. The van der Waals surface area contributed by atoms with E-state index in [9.17, 15) is 4.79 Å². The Kier molecular flexibility index (Phi) is 5.91. The Morgan fingerprint density at radius 1 is 1.29 bits per heavy atom. The predicted octanol–water partition coefficient (Wildman–Crippen LogP) is 3.13. The van der Waals surface area contributed by atoms with Gasteiger partial charge < -0.3 is 9.47 Å². The second-order valence-electron chi connectivity index (χ2n) is 3.44. The molecular formula is C13H18O3S. The van der Waals surface area contributed by atoms with Crippen molar-refractivity contribution < 1.29 is 14.3 Å². The zero-order valence-corrected chi connectivity index (χ0v) is 11.3. The lowest BCUT2D eigenvalue weighted by Crippen LogP contribution is -2.19. The van der Waals surface area contributed by atoms with Crippen LogP contribution in [0, 0.1) is 0 Å². The summed E-state index contributed by atoms with van der Waals surface area (Å²) in [5.41, 5.74) is 0. The second kappa shape index (κ2) is 7.22. The number of hydrogen-bond acceptors (Lipinski definition) is 4. The molecule has 0 aromatic heterocycles. The summed E-state index contributed by atoms with van der Waals surface area (Å²) < 4.78 is 10.1. The Bertz CT molecular complexity index is 348. The zero-order chi connectivity index (χ0) is 12.7. The molecule has 0 saturated carbocycles. The van der Waals surface area contributed by atoms with Gasteiger partial charge in [-0.15, -0.1) is 11.8 Å². The van der Waals surface area contributed by atoms with Crippen molar-refractivity contribution in [2.24, 2.45) is 0 Å². The fourth-order valence-corrected chi connectivity index (χ4v) is 2.30. The summed E-state index contributed by atoms with van der Waals surface area (Å²) in [6.07, 6.45) is 0.759. The summed E-state index contributed by atoms with van der Waals surface area (Å²) in [7, 11) is 1.63. The minimum Gasteiger partial charge on any atom is -0.497 e. The molecular weight excluding hydrogens is 236 g/mol. The van der Waals surface area contributed by atoms with Crippen LogP contribution in [0.15, 0.2) is 29.2 Å². The molecule has 0 aliphatic carbocycles. The van der Waals surface area contributed by atoms with Crippen molar-refractivity contribution in [2.45, 2.75) is 30.4 Å². The highest BCUT2D eigenvalue weighted by Crippen LogP contribution is 2.27. The molecule has 1 rings (SSSR count). The van der Waals surface area contributed by atoms with E-state index < -0.39 is 0 Å². The van der Waals surface area contributed by atoms with E-state index in [0.717, 1.165) is 17.1 Å². The summed E-state index contributed by atoms with van der Waals surface area (Å²) in [5, 5.41) is -0.136. The minimum atomic E-state index is -0.143. The molecule has 0 aliphatic heterocycles. The smallest absolute Gasteiger partial charge is 0.319 e. The molecule has 0 bridgehead atoms. The van der Waals surface area contributed by atoms with Gasteiger partial charge in [0.2, 0.25) is 0 Å². The number of thioether (sulfide) groups is 1. The summed E-state index contributed by atoms with van der Waals surface area (Å²) in [5.74, 6) is 0.675. The maximum absolute atomic E-state index is 11.6. The Hall–Kier alpha value is -1.16. The standard InChI is InChI=1S/C13H18O3S/c1-4-12(13(14)16-5-2)17-11-8-6-10(15-3)7-9-11/h6-9,12H,4-5H2,1-3H3/t12-/m1/s1. The molecule has 1 atom stereocenters. The van der Waals surface area contributed by atoms with Crippen molar-refractivity contribution in [1.82, 2.24) is 0 Å². The van der Waals surface area contributed by atoms with Gasteiger partial charge in [-0.1, -0.05) is 6.92 Å². The van der Waals surface area contributed by atoms with Crippen molar-refractivity contribution in [2.75, 3.05) is 13.7 Å². The van der Waals surface area contributed by atoms with Crippen molar-refractivity contribution in [3.05, 3.63) is 24.3 Å². The van der Waals surface area contributed by atoms with E-state index in [-0.39, 0.29) is 11.2 Å². The zero-order valence-electron chi connectivity index (χ0n) is 10.4. The van der Waals surface area contributed by atoms with Gasteiger partial charge in [-0.25, -0.2) is 0 Å². The highest BCUT2D eigenvalue weighted by molar-refractivity contribution is 8.00. The third-order valence-electron chi connectivity index (χ3n) is 2.26. The molecule has 0 saturated heterocycles. The van der Waals surface area contributed by atoms with Gasteiger partial charge in [0.25, 0.3) is 0 Å².